The monoisotopic (exact) mass is 282 g/mol. The van der Waals surface area contributed by atoms with Crippen molar-refractivity contribution in [3.8, 4) is 0 Å². The van der Waals surface area contributed by atoms with Gasteiger partial charge in [0.15, 0.2) is 0 Å². The summed E-state index contributed by atoms with van der Waals surface area (Å²) in [6, 6.07) is 15.2. The number of rotatable bonds is 6. The summed E-state index contributed by atoms with van der Waals surface area (Å²) in [6.45, 7) is 0.658. The van der Waals surface area contributed by atoms with Gasteiger partial charge in [0.25, 0.3) is 0 Å². The minimum atomic E-state index is 0.658. The maximum atomic E-state index is 11.0. The predicted octanol–water partition coefficient (Wildman–Crippen LogP) is 2.73. The van der Waals surface area contributed by atoms with Crippen LogP contribution in [0, 0.1) is 0 Å². The van der Waals surface area contributed by atoms with Gasteiger partial charge in [-0.1, -0.05) is 30.3 Å². The molecule has 4 nitrogen and oxygen atoms in total. The van der Waals surface area contributed by atoms with Crippen LogP contribution in [0.15, 0.2) is 48.5 Å². The van der Waals surface area contributed by atoms with E-state index < -0.39 is 0 Å². The predicted molar refractivity (Wildman–Crippen MR) is 84.8 cm³/mol. The third kappa shape index (κ3) is 3.48. The van der Waals surface area contributed by atoms with Gasteiger partial charge < -0.3 is 9.80 Å². The molecule has 108 valence electrons. The highest BCUT2D eigenvalue weighted by Crippen LogP contribution is 2.28. The Kier molecular flexibility index (Phi) is 4.72. The minimum absolute atomic E-state index is 0.658. The molecule has 0 bridgehead atoms. The highest BCUT2D eigenvalue weighted by molar-refractivity contribution is 5.83. The number of amides is 1. The van der Waals surface area contributed by atoms with Crippen LogP contribution >= 0.6 is 0 Å². The van der Waals surface area contributed by atoms with Crippen molar-refractivity contribution in [2.75, 3.05) is 23.9 Å². The summed E-state index contributed by atoms with van der Waals surface area (Å²) in [6.07, 6.45) is 1.64. The first-order valence-electron chi connectivity index (χ1n) is 6.68. The molecule has 0 aliphatic rings. The maximum absolute atomic E-state index is 11.0. The van der Waals surface area contributed by atoms with Crippen molar-refractivity contribution in [3.63, 3.8) is 0 Å². The fourth-order valence-corrected chi connectivity index (χ4v) is 2.27. The molecular weight excluding hydrogens is 264 g/mol. The lowest BCUT2D eigenvalue weighted by Crippen LogP contribution is -2.22. The van der Waals surface area contributed by atoms with Crippen molar-refractivity contribution in [2.24, 2.45) is 0 Å². The lowest BCUT2D eigenvalue weighted by atomic mass is 10.1. The van der Waals surface area contributed by atoms with E-state index in [2.05, 4.69) is 4.90 Å². The molecule has 0 aromatic heterocycles. The molecular formula is C17H18N2O2. The summed E-state index contributed by atoms with van der Waals surface area (Å²) in [5, 5.41) is 0. The number of anilines is 2. The van der Waals surface area contributed by atoms with Crippen molar-refractivity contribution < 1.29 is 9.59 Å². The van der Waals surface area contributed by atoms with Crippen LogP contribution in [0.1, 0.15) is 15.9 Å². The van der Waals surface area contributed by atoms with Gasteiger partial charge in [-0.15, -0.1) is 0 Å². The molecule has 0 aliphatic heterocycles. The van der Waals surface area contributed by atoms with E-state index >= 15 is 0 Å². The summed E-state index contributed by atoms with van der Waals surface area (Å²) < 4.78 is 0. The first-order valence-corrected chi connectivity index (χ1v) is 6.68. The second kappa shape index (κ2) is 6.70. The first kappa shape index (κ1) is 14.8. The molecule has 2 aromatic rings. The lowest BCUT2D eigenvalue weighted by Gasteiger charge is -2.25. The standard InChI is InChI=1S/C17H18N2O2/c1-18(11-14-6-5-7-15(10-14)12-20)16-8-3-4-9-17(16)19(2)13-21/h3-10,12-13H,11H2,1-2H3. The normalized spacial score (nSPS) is 10.0. The number of carbonyl (C=O) groups excluding carboxylic acids is 2. The minimum Gasteiger partial charge on any atom is -0.369 e. The summed E-state index contributed by atoms with van der Waals surface area (Å²) >= 11 is 0. The fourth-order valence-electron chi connectivity index (χ4n) is 2.27. The molecule has 0 heterocycles. The van der Waals surface area contributed by atoms with Gasteiger partial charge in [-0.3, -0.25) is 9.59 Å². The fraction of sp³-hybridized carbons (Fsp3) is 0.176. The third-order valence-corrected chi connectivity index (χ3v) is 3.34. The second-order valence-corrected chi connectivity index (χ2v) is 4.92. The highest BCUT2D eigenvalue weighted by Gasteiger charge is 2.10. The van der Waals surface area contributed by atoms with Crippen molar-refractivity contribution >= 4 is 24.1 Å². The zero-order valence-corrected chi connectivity index (χ0v) is 12.2. The van der Waals surface area contributed by atoms with Crippen LogP contribution in [0.5, 0.6) is 0 Å². The number of carbonyl (C=O) groups is 2. The van der Waals surface area contributed by atoms with Crippen molar-refractivity contribution in [2.45, 2.75) is 6.54 Å². The molecule has 1 amide bonds. The van der Waals surface area contributed by atoms with E-state index in [1.807, 2.05) is 49.5 Å². The van der Waals surface area contributed by atoms with E-state index in [0.29, 0.717) is 12.1 Å². The number of aldehydes is 1. The Morgan fingerprint density at radius 2 is 1.67 bits per heavy atom. The van der Waals surface area contributed by atoms with E-state index in [4.69, 9.17) is 0 Å². The number of benzene rings is 2. The van der Waals surface area contributed by atoms with Gasteiger partial charge >= 0.3 is 0 Å². The smallest absolute Gasteiger partial charge is 0.213 e. The largest absolute Gasteiger partial charge is 0.369 e. The Labute approximate surface area is 124 Å². The molecule has 2 aromatic carbocycles. The average molecular weight is 282 g/mol. The van der Waals surface area contributed by atoms with Gasteiger partial charge in [0, 0.05) is 26.2 Å². The number of para-hydroxylation sites is 2. The lowest BCUT2D eigenvalue weighted by molar-refractivity contribution is -0.107. The maximum Gasteiger partial charge on any atom is 0.213 e. The summed E-state index contributed by atoms with van der Waals surface area (Å²) in [5.41, 5.74) is 3.52. The van der Waals surface area contributed by atoms with Gasteiger partial charge in [-0.2, -0.15) is 0 Å². The number of nitrogens with zero attached hydrogens (tertiary/aromatic N) is 2. The van der Waals surface area contributed by atoms with E-state index in [-0.39, 0.29) is 0 Å². The molecule has 0 unspecified atom stereocenters. The SMILES string of the molecule is CN(C=O)c1ccccc1N(C)Cc1cccc(C=O)c1. The zero-order valence-electron chi connectivity index (χ0n) is 12.2. The summed E-state index contributed by atoms with van der Waals surface area (Å²) in [7, 11) is 3.69. The molecule has 0 saturated carbocycles. The van der Waals surface area contributed by atoms with Crippen LogP contribution < -0.4 is 9.80 Å². The average Bonchev–Trinajstić information content (AvgIpc) is 2.54. The van der Waals surface area contributed by atoms with Crippen LogP contribution in [-0.2, 0) is 11.3 Å². The Morgan fingerprint density at radius 3 is 2.33 bits per heavy atom. The van der Waals surface area contributed by atoms with Crippen LogP contribution in [0.3, 0.4) is 0 Å². The molecule has 0 radical (unpaired) electrons. The molecule has 0 saturated heterocycles. The van der Waals surface area contributed by atoms with Crippen LogP contribution in [-0.4, -0.2) is 26.8 Å². The molecule has 0 aliphatic carbocycles. The molecule has 2 rings (SSSR count). The van der Waals surface area contributed by atoms with Crippen LogP contribution in [0.25, 0.3) is 0 Å². The van der Waals surface area contributed by atoms with Gasteiger partial charge in [0.05, 0.1) is 11.4 Å². The summed E-state index contributed by atoms with van der Waals surface area (Å²) in [4.78, 5) is 25.4. The highest BCUT2D eigenvalue weighted by atomic mass is 16.1. The van der Waals surface area contributed by atoms with Gasteiger partial charge in [0.2, 0.25) is 6.41 Å². The molecule has 0 spiro atoms. The van der Waals surface area contributed by atoms with Crippen molar-refractivity contribution in [1.29, 1.82) is 0 Å². The van der Waals surface area contributed by atoms with E-state index in [0.717, 1.165) is 29.6 Å². The Bertz CT molecular complexity index is 640. The van der Waals surface area contributed by atoms with E-state index in [1.165, 1.54) is 0 Å². The summed E-state index contributed by atoms with van der Waals surface area (Å²) in [5.74, 6) is 0. The number of hydrogen-bond donors (Lipinski definition) is 0. The van der Waals surface area contributed by atoms with Crippen LogP contribution in [0.4, 0.5) is 11.4 Å². The van der Waals surface area contributed by atoms with Crippen molar-refractivity contribution in [3.05, 3.63) is 59.7 Å². The topological polar surface area (TPSA) is 40.6 Å². The second-order valence-electron chi connectivity index (χ2n) is 4.92. The zero-order chi connectivity index (χ0) is 15.2. The Morgan fingerprint density at radius 1 is 0.952 bits per heavy atom. The number of hydrogen-bond acceptors (Lipinski definition) is 3. The quantitative estimate of drug-likeness (QED) is 0.765. The Hall–Kier alpha value is -2.62. The van der Waals surface area contributed by atoms with Gasteiger partial charge in [0.1, 0.15) is 6.29 Å². The molecule has 21 heavy (non-hydrogen) atoms. The van der Waals surface area contributed by atoms with Crippen molar-refractivity contribution in [1.82, 2.24) is 0 Å². The van der Waals surface area contributed by atoms with Gasteiger partial charge in [-0.05, 0) is 23.8 Å². The molecule has 0 atom stereocenters. The molecule has 0 N–H and O–H groups in total. The van der Waals surface area contributed by atoms with E-state index in [1.54, 1.807) is 18.0 Å². The Balaban J connectivity index is 2.25. The first-order chi connectivity index (χ1) is 10.2. The molecule has 4 heteroatoms. The van der Waals surface area contributed by atoms with Gasteiger partial charge in [-0.25, -0.2) is 0 Å². The van der Waals surface area contributed by atoms with Crippen LogP contribution in [0.2, 0.25) is 0 Å². The van der Waals surface area contributed by atoms with E-state index in [9.17, 15) is 9.59 Å². The third-order valence-electron chi connectivity index (χ3n) is 3.34. The molecule has 0 fully saturated rings.